The Balaban J connectivity index is 0.000000176. The van der Waals surface area contributed by atoms with Crippen LogP contribution in [0.3, 0.4) is 0 Å². The van der Waals surface area contributed by atoms with E-state index in [-0.39, 0.29) is 23.1 Å². The van der Waals surface area contributed by atoms with Crippen LogP contribution in [0.4, 0.5) is 0 Å². The maximum absolute atomic E-state index is 12.6. The van der Waals surface area contributed by atoms with Gasteiger partial charge in [0.15, 0.2) is 11.2 Å². The van der Waals surface area contributed by atoms with Crippen LogP contribution in [0, 0.1) is 17.8 Å². The number of carboxylic acid groups (broad SMARTS) is 1. The Morgan fingerprint density at radius 2 is 1.64 bits per heavy atom. The first-order chi connectivity index (χ1) is 28.5. The van der Waals surface area contributed by atoms with Crippen molar-refractivity contribution in [1.82, 2.24) is 9.88 Å². The number of aliphatic hydroxyl groups excluding tert-OH is 2. The minimum atomic E-state index is -2.17. The summed E-state index contributed by atoms with van der Waals surface area (Å²) in [7, 11) is 6.12. The molecule has 12 heteroatoms. The number of fused-ring (bicyclic) bond motifs is 7. The van der Waals surface area contributed by atoms with E-state index in [1.807, 2.05) is 30.3 Å². The van der Waals surface area contributed by atoms with Crippen LogP contribution in [-0.2, 0) is 16.0 Å². The van der Waals surface area contributed by atoms with E-state index < -0.39 is 41.2 Å². The number of hydrogen-bond donors (Lipinski definition) is 4. The SMILES string of the molecule is C=C[C@H]1CN2CC[C@H]1C[C@H]2[C@@H](O)c1ccnc2ccc(OC)cc12.COc1ccc([C@]23Oc4cc(OC)cc(OC)c4[C@@]2(O)[C@@H](O)[C@@H](C(=O)O)[C@@H]3c2ccccc2)cc1. The summed E-state index contributed by atoms with van der Waals surface area (Å²) in [6, 6.07) is 26.9. The van der Waals surface area contributed by atoms with Gasteiger partial charge in [-0.05, 0) is 84.3 Å². The number of aliphatic carboxylic acids is 1. The van der Waals surface area contributed by atoms with E-state index in [9.17, 15) is 25.2 Å². The summed E-state index contributed by atoms with van der Waals surface area (Å²) in [6.45, 7) is 6.07. The number of pyridine rings is 1. The van der Waals surface area contributed by atoms with E-state index in [1.54, 1.807) is 74.0 Å². The molecular weight excluding hydrogens is 753 g/mol. The fraction of sp³-hybridized carbons (Fsp3) is 0.362. The van der Waals surface area contributed by atoms with Gasteiger partial charge in [-0.15, -0.1) is 6.58 Å². The Kier molecular flexibility index (Phi) is 10.8. The molecule has 1 aliphatic carbocycles. The number of rotatable bonds is 10. The molecule has 5 aromatic rings. The van der Waals surface area contributed by atoms with E-state index in [0.29, 0.717) is 34.5 Å². The van der Waals surface area contributed by atoms with Crippen LogP contribution in [0.5, 0.6) is 28.7 Å². The molecular formula is C47H50N2O10. The van der Waals surface area contributed by atoms with Crippen LogP contribution in [0.1, 0.15) is 47.1 Å². The first kappa shape index (κ1) is 40.1. The van der Waals surface area contributed by atoms with Gasteiger partial charge in [0, 0.05) is 42.2 Å². The van der Waals surface area contributed by atoms with Crippen molar-refractivity contribution in [3.63, 3.8) is 0 Å². The van der Waals surface area contributed by atoms with Crippen molar-refractivity contribution in [1.29, 1.82) is 0 Å². The molecule has 10 rings (SSSR count). The Morgan fingerprint density at radius 3 is 2.27 bits per heavy atom. The van der Waals surface area contributed by atoms with Crippen molar-refractivity contribution >= 4 is 16.9 Å². The zero-order valence-electron chi connectivity index (χ0n) is 33.5. The minimum Gasteiger partial charge on any atom is -0.497 e. The highest BCUT2D eigenvalue weighted by molar-refractivity contribution is 5.84. The molecule has 1 unspecified atom stereocenters. The van der Waals surface area contributed by atoms with Crippen LogP contribution in [0.15, 0.2) is 110 Å². The third-order valence-electron chi connectivity index (χ3n) is 13.1. The molecule has 0 spiro atoms. The van der Waals surface area contributed by atoms with Crippen LogP contribution in [0.25, 0.3) is 10.9 Å². The van der Waals surface area contributed by atoms with Gasteiger partial charge in [-0.1, -0.05) is 48.5 Å². The Hall–Kier alpha value is -5.66. The maximum atomic E-state index is 12.6. The second-order valence-corrected chi connectivity index (χ2v) is 15.7. The molecule has 0 amide bonds. The molecule has 308 valence electrons. The highest BCUT2D eigenvalue weighted by Gasteiger charge is 2.78. The summed E-state index contributed by atoms with van der Waals surface area (Å²) in [5.41, 5.74) is -0.768. The summed E-state index contributed by atoms with van der Waals surface area (Å²) in [5, 5.41) is 46.6. The Bertz CT molecular complexity index is 2340. The van der Waals surface area contributed by atoms with Crippen molar-refractivity contribution in [2.75, 3.05) is 41.5 Å². The molecule has 10 atom stereocenters. The second kappa shape index (κ2) is 15.8. The normalized spacial score (nSPS) is 29.2. The number of ether oxygens (including phenoxy) is 5. The summed E-state index contributed by atoms with van der Waals surface area (Å²) < 4.78 is 28.2. The average Bonchev–Trinajstić information content (AvgIpc) is 3.67. The number of piperidine rings is 3. The van der Waals surface area contributed by atoms with Crippen LogP contribution in [0.2, 0.25) is 0 Å². The number of carbonyl (C=O) groups is 1. The number of nitrogens with zero attached hydrogens (tertiary/aromatic N) is 2. The number of aliphatic hydroxyl groups is 3. The molecule has 4 aromatic carbocycles. The maximum Gasteiger partial charge on any atom is 0.310 e. The predicted molar refractivity (Wildman–Crippen MR) is 220 cm³/mol. The molecule has 1 aromatic heterocycles. The van der Waals surface area contributed by atoms with Gasteiger partial charge < -0.3 is 44.1 Å². The average molecular weight is 803 g/mol. The number of carboxylic acids is 1. The molecule has 1 saturated carbocycles. The van der Waals surface area contributed by atoms with E-state index in [2.05, 4.69) is 22.5 Å². The number of benzene rings is 4. The molecule has 12 nitrogen and oxygen atoms in total. The molecule has 59 heavy (non-hydrogen) atoms. The third kappa shape index (κ3) is 6.37. The minimum absolute atomic E-state index is 0.175. The zero-order chi connectivity index (χ0) is 41.6. The summed E-state index contributed by atoms with van der Waals surface area (Å²) in [4.78, 5) is 19.5. The fourth-order valence-electron chi connectivity index (χ4n) is 10.2. The van der Waals surface area contributed by atoms with E-state index >= 15 is 0 Å². The lowest BCUT2D eigenvalue weighted by atomic mass is 9.70. The van der Waals surface area contributed by atoms with Crippen molar-refractivity contribution in [2.24, 2.45) is 17.8 Å². The summed E-state index contributed by atoms with van der Waals surface area (Å²) >= 11 is 0. The Morgan fingerprint density at radius 1 is 0.932 bits per heavy atom. The van der Waals surface area contributed by atoms with Gasteiger partial charge >= 0.3 is 5.97 Å². The van der Waals surface area contributed by atoms with Crippen molar-refractivity contribution < 1.29 is 48.9 Å². The van der Waals surface area contributed by atoms with Gasteiger partial charge in [-0.2, -0.15) is 0 Å². The predicted octanol–water partition coefficient (Wildman–Crippen LogP) is 6.22. The lowest BCUT2D eigenvalue weighted by Crippen LogP contribution is -2.54. The highest BCUT2D eigenvalue weighted by Crippen LogP contribution is 2.70. The second-order valence-electron chi connectivity index (χ2n) is 15.7. The van der Waals surface area contributed by atoms with Crippen LogP contribution >= 0.6 is 0 Å². The van der Waals surface area contributed by atoms with E-state index in [0.717, 1.165) is 41.7 Å². The molecule has 4 aliphatic heterocycles. The molecule has 4 fully saturated rings. The lowest BCUT2D eigenvalue weighted by molar-refractivity contribution is -0.159. The zero-order valence-corrected chi connectivity index (χ0v) is 33.5. The fourth-order valence-corrected chi connectivity index (χ4v) is 10.2. The topological polar surface area (TPSA) is 160 Å². The molecule has 4 N–H and O–H groups in total. The van der Waals surface area contributed by atoms with Crippen molar-refractivity contribution in [3.8, 4) is 28.7 Å². The number of methoxy groups -OCH3 is 4. The monoisotopic (exact) mass is 802 g/mol. The van der Waals surface area contributed by atoms with Gasteiger partial charge in [0.05, 0.1) is 51.5 Å². The molecule has 2 bridgehead atoms. The largest absolute Gasteiger partial charge is 0.497 e. The molecule has 5 aliphatic rings. The van der Waals surface area contributed by atoms with Crippen molar-refractivity contribution in [2.45, 2.75) is 48.2 Å². The van der Waals surface area contributed by atoms with Gasteiger partial charge in [0.25, 0.3) is 0 Å². The molecule has 0 radical (unpaired) electrons. The van der Waals surface area contributed by atoms with Gasteiger partial charge in [-0.25, -0.2) is 0 Å². The van der Waals surface area contributed by atoms with Crippen LogP contribution in [-0.4, -0.2) is 90.0 Å². The van der Waals surface area contributed by atoms with Gasteiger partial charge in [-0.3, -0.25) is 14.7 Å². The Labute approximate surface area is 343 Å². The van der Waals surface area contributed by atoms with E-state index in [1.165, 1.54) is 27.8 Å². The van der Waals surface area contributed by atoms with E-state index in [4.69, 9.17) is 23.7 Å². The van der Waals surface area contributed by atoms with Gasteiger partial charge in [0.2, 0.25) is 0 Å². The van der Waals surface area contributed by atoms with Crippen molar-refractivity contribution in [3.05, 3.63) is 132 Å². The summed E-state index contributed by atoms with van der Waals surface area (Å²) in [6.07, 6.45) is 3.89. The van der Waals surface area contributed by atoms with Gasteiger partial charge in [0.1, 0.15) is 34.9 Å². The highest BCUT2D eigenvalue weighted by atomic mass is 16.5. The first-order valence-corrected chi connectivity index (χ1v) is 19.8. The molecule has 3 saturated heterocycles. The lowest BCUT2D eigenvalue weighted by Gasteiger charge is -2.50. The first-order valence-electron chi connectivity index (χ1n) is 19.8. The number of aromatic nitrogens is 1. The quantitative estimate of drug-likeness (QED) is 0.118. The summed E-state index contributed by atoms with van der Waals surface area (Å²) in [5.74, 6) is -0.130. The third-order valence-corrected chi connectivity index (χ3v) is 13.1. The smallest absolute Gasteiger partial charge is 0.310 e. The molecule has 5 heterocycles. The number of hydrogen-bond acceptors (Lipinski definition) is 11. The standard InChI is InChI=1S/C27H26O8.C20H24N2O2/c1-32-17-11-9-16(10-12-17)27-22(15-7-5-4-6-8-15)21(25(29)30)24(28)26(27,31)23-19(34-3)13-18(33-2)14-20(23)35-27;1-3-13-12-22-9-7-14(13)10-19(22)20(23)16-6-8-21-18-5-4-15(24-2)11-17(16)18/h4-14,21-22,24,28,31H,1-3H3,(H,29,30);3-6,8,11,13-14,19-20,23H,1,7,9-10,12H2,2H3/t21-,22-,24-,26+,27+;13-,14-,19-,20-/m00/s1. The van der Waals surface area contributed by atoms with Crippen LogP contribution < -0.4 is 23.7 Å².